The van der Waals surface area contributed by atoms with Gasteiger partial charge in [-0.1, -0.05) is 25.0 Å². The topological polar surface area (TPSA) is 96.8 Å². The van der Waals surface area contributed by atoms with Crippen molar-refractivity contribution in [1.29, 1.82) is 0 Å². The first kappa shape index (κ1) is 21.3. The second kappa shape index (κ2) is 8.64. The molecule has 2 aromatic carbocycles. The Morgan fingerprint density at radius 3 is 2.45 bits per heavy atom. The molecule has 1 fully saturated rings. The molecule has 0 radical (unpaired) electrons. The number of aromatic nitrogens is 1. The predicted molar refractivity (Wildman–Crippen MR) is 118 cm³/mol. The highest BCUT2D eigenvalue weighted by molar-refractivity contribution is 7.89. The van der Waals surface area contributed by atoms with Gasteiger partial charge in [-0.25, -0.2) is 18.2 Å². The second-order valence-electron chi connectivity index (χ2n) is 7.59. The Morgan fingerprint density at radius 1 is 1.03 bits per heavy atom. The minimum Gasteiger partial charge on any atom is -0.497 e. The van der Waals surface area contributed by atoms with Crippen molar-refractivity contribution in [2.45, 2.75) is 30.6 Å². The lowest BCUT2D eigenvalue weighted by Crippen LogP contribution is -2.31. The standard InChI is InChI=1S/C23H24N2O5S/c1-30-17-8-6-7-16(13-17)22-15-20(23(26)27)19-14-18(9-10-21(19)24-22)31(28,29)25-11-4-2-3-5-12-25/h6-10,13-15H,2-5,11-12H2,1H3,(H,26,27). The van der Waals surface area contributed by atoms with Crippen LogP contribution in [0.3, 0.4) is 0 Å². The summed E-state index contributed by atoms with van der Waals surface area (Å²) in [6.07, 6.45) is 3.70. The fourth-order valence-electron chi connectivity index (χ4n) is 3.90. The molecule has 8 heteroatoms. The highest BCUT2D eigenvalue weighted by Gasteiger charge is 2.26. The third-order valence-electron chi connectivity index (χ3n) is 5.58. The van der Waals surface area contributed by atoms with E-state index in [0.29, 0.717) is 41.0 Å². The Kier molecular flexibility index (Phi) is 5.93. The molecule has 1 aliphatic heterocycles. The maximum Gasteiger partial charge on any atom is 0.336 e. The van der Waals surface area contributed by atoms with Gasteiger partial charge in [0.05, 0.1) is 28.8 Å². The Bertz CT molecular complexity index is 1230. The molecule has 1 aliphatic rings. The summed E-state index contributed by atoms with van der Waals surface area (Å²) >= 11 is 0. The lowest BCUT2D eigenvalue weighted by Gasteiger charge is -2.20. The van der Waals surface area contributed by atoms with Crippen LogP contribution in [0.2, 0.25) is 0 Å². The number of pyridine rings is 1. The second-order valence-corrected chi connectivity index (χ2v) is 9.53. The van der Waals surface area contributed by atoms with Crippen molar-refractivity contribution >= 4 is 26.9 Å². The van der Waals surface area contributed by atoms with Gasteiger partial charge in [-0.05, 0) is 49.2 Å². The summed E-state index contributed by atoms with van der Waals surface area (Å²) in [7, 11) is -2.14. The molecule has 0 aliphatic carbocycles. The molecule has 0 saturated carbocycles. The normalized spacial score (nSPS) is 15.5. The molecule has 0 spiro atoms. The molecule has 0 amide bonds. The average Bonchev–Trinajstić information content (AvgIpc) is 3.08. The van der Waals surface area contributed by atoms with Crippen LogP contribution in [-0.2, 0) is 10.0 Å². The Hall–Kier alpha value is -2.97. The van der Waals surface area contributed by atoms with E-state index in [1.807, 2.05) is 6.07 Å². The quantitative estimate of drug-likeness (QED) is 0.639. The molecular formula is C23H24N2O5S. The SMILES string of the molecule is COc1cccc(-c2cc(C(=O)O)c3cc(S(=O)(=O)N4CCCCCC4)ccc3n2)c1. The van der Waals surface area contributed by atoms with Gasteiger partial charge < -0.3 is 9.84 Å². The number of carboxylic acids is 1. The number of aromatic carboxylic acids is 1. The molecule has 162 valence electrons. The number of carbonyl (C=O) groups is 1. The summed E-state index contributed by atoms with van der Waals surface area (Å²) in [6, 6.07) is 13.2. The van der Waals surface area contributed by atoms with Crippen molar-refractivity contribution in [3.05, 3.63) is 54.1 Å². The van der Waals surface area contributed by atoms with Gasteiger partial charge in [-0.3, -0.25) is 0 Å². The number of benzene rings is 2. The largest absolute Gasteiger partial charge is 0.497 e. The minimum absolute atomic E-state index is 0.00994. The molecule has 0 unspecified atom stereocenters. The van der Waals surface area contributed by atoms with E-state index in [-0.39, 0.29) is 10.5 Å². The van der Waals surface area contributed by atoms with Crippen LogP contribution in [0.4, 0.5) is 0 Å². The maximum absolute atomic E-state index is 13.2. The first-order valence-corrected chi connectivity index (χ1v) is 11.7. The molecule has 7 nitrogen and oxygen atoms in total. The van der Waals surface area contributed by atoms with Gasteiger partial charge >= 0.3 is 5.97 Å². The number of hydrogen-bond acceptors (Lipinski definition) is 5. The van der Waals surface area contributed by atoms with Crippen LogP contribution in [0.1, 0.15) is 36.0 Å². The van der Waals surface area contributed by atoms with E-state index < -0.39 is 16.0 Å². The van der Waals surface area contributed by atoms with Crippen molar-refractivity contribution in [2.75, 3.05) is 20.2 Å². The van der Waals surface area contributed by atoms with E-state index >= 15 is 0 Å². The molecule has 31 heavy (non-hydrogen) atoms. The van der Waals surface area contributed by atoms with Crippen LogP contribution in [0, 0.1) is 0 Å². The molecule has 1 N–H and O–H groups in total. The average molecular weight is 441 g/mol. The Labute approximate surface area is 181 Å². The van der Waals surface area contributed by atoms with Crippen LogP contribution in [0.25, 0.3) is 22.2 Å². The molecule has 4 rings (SSSR count). The molecule has 0 atom stereocenters. The number of sulfonamides is 1. The predicted octanol–water partition coefficient (Wildman–Crippen LogP) is 4.17. The van der Waals surface area contributed by atoms with Gasteiger partial charge in [0.25, 0.3) is 0 Å². The van der Waals surface area contributed by atoms with Crippen LogP contribution in [0.5, 0.6) is 5.75 Å². The van der Waals surface area contributed by atoms with E-state index in [0.717, 1.165) is 25.7 Å². The van der Waals surface area contributed by atoms with Gasteiger partial charge in [0, 0.05) is 24.0 Å². The smallest absolute Gasteiger partial charge is 0.336 e. The zero-order chi connectivity index (χ0) is 22.0. The van der Waals surface area contributed by atoms with Crippen molar-refractivity contribution < 1.29 is 23.1 Å². The van der Waals surface area contributed by atoms with Crippen molar-refractivity contribution in [1.82, 2.24) is 9.29 Å². The van der Waals surface area contributed by atoms with E-state index in [2.05, 4.69) is 4.98 Å². The molecule has 0 bridgehead atoms. The number of ether oxygens (including phenoxy) is 1. The Morgan fingerprint density at radius 2 is 1.77 bits per heavy atom. The monoisotopic (exact) mass is 440 g/mol. The van der Waals surface area contributed by atoms with E-state index in [1.54, 1.807) is 31.4 Å². The first-order chi connectivity index (χ1) is 14.9. The minimum atomic E-state index is -3.69. The lowest BCUT2D eigenvalue weighted by molar-refractivity contribution is 0.0699. The number of hydrogen-bond donors (Lipinski definition) is 1. The van der Waals surface area contributed by atoms with E-state index in [4.69, 9.17) is 4.74 Å². The van der Waals surface area contributed by atoms with Gasteiger partial charge in [-0.2, -0.15) is 4.31 Å². The number of carboxylic acid groups (broad SMARTS) is 1. The number of methoxy groups -OCH3 is 1. The maximum atomic E-state index is 13.2. The molecular weight excluding hydrogens is 416 g/mol. The zero-order valence-electron chi connectivity index (χ0n) is 17.2. The lowest BCUT2D eigenvalue weighted by atomic mass is 10.0. The van der Waals surface area contributed by atoms with Crippen LogP contribution in [0.15, 0.2) is 53.4 Å². The van der Waals surface area contributed by atoms with Gasteiger partial charge in [0.2, 0.25) is 10.0 Å². The zero-order valence-corrected chi connectivity index (χ0v) is 18.1. The van der Waals surface area contributed by atoms with Gasteiger partial charge in [-0.15, -0.1) is 0 Å². The summed E-state index contributed by atoms with van der Waals surface area (Å²) < 4.78 is 33.1. The van der Waals surface area contributed by atoms with Crippen LogP contribution in [-0.4, -0.2) is 49.0 Å². The number of rotatable bonds is 5. The number of nitrogens with zero attached hydrogens (tertiary/aromatic N) is 2. The fraction of sp³-hybridized carbons (Fsp3) is 0.304. The highest BCUT2D eigenvalue weighted by Crippen LogP contribution is 2.30. The summed E-state index contributed by atoms with van der Waals surface area (Å²) in [4.78, 5) is 16.7. The highest BCUT2D eigenvalue weighted by atomic mass is 32.2. The summed E-state index contributed by atoms with van der Waals surface area (Å²) in [5.74, 6) is -0.504. The van der Waals surface area contributed by atoms with Crippen molar-refractivity contribution in [3.8, 4) is 17.0 Å². The van der Waals surface area contributed by atoms with E-state index in [1.165, 1.54) is 22.5 Å². The van der Waals surface area contributed by atoms with Crippen LogP contribution < -0.4 is 4.74 Å². The summed E-state index contributed by atoms with van der Waals surface area (Å²) in [5, 5.41) is 10.1. The number of fused-ring (bicyclic) bond motifs is 1. The fourth-order valence-corrected chi connectivity index (χ4v) is 5.45. The summed E-state index contributed by atoms with van der Waals surface area (Å²) in [5.41, 5.74) is 1.63. The van der Waals surface area contributed by atoms with Gasteiger partial charge in [0.1, 0.15) is 5.75 Å². The molecule has 2 heterocycles. The van der Waals surface area contributed by atoms with E-state index in [9.17, 15) is 18.3 Å². The first-order valence-electron chi connectivity index (χ1n) is 10.2. The van der Waals surface area contributed by atoms with Crippen LogP contribution >= 0.6 is 0 Å². The molecule has 1 saturated heterocycles. The third-order valence-corrected chi connectivity index (χ3v) is 7.47. The van der Waals surface area contributed by atoms with Gasteiger partial charge in [0.15, 0.2) is 0 Å². The van der Waals surface area contributed by atoms with Crippen molar-refractivity contribution in [2.24, 2.45) is 0 Å². The summed E-state index contributed by atoms with van der Waals surface area (Å²) in [6.45, 7) is 0.971. The third kappa shape index (κ3) is 4.26. The molecule has 1 aromatic heterocycles. The Balaban J connectivity index is 1.82. The molecule has 3 aromatic rings. The van der Waals surface area contributed by atoms with Crippen molar-refractivity contribution in [3.63, 3.8) is 0 Å².